The summed E-state index contributed by atoms with van der Waals surface area (Å²) < 4.78 is 13.5. The van der Waals surface area contributed by atoms with Crippen LogP contribution in [0.5, 0.6) is 0 Å². The molecular weight excluding hydrogens is 257 g/mol. The molecule has 5 heteroatoms. The second-order valence-corrected chi connectivity index (χ2v) is 4.80. The summed E-state index contributed by atoms with van der Waals surface area (Å²) in [6.07, 6.45) is -0.103. The third-order valence-electron chi connectivity index (χ3n) is 2.93. The Morgan fingerprint density at radius 1 is 1.50 bits per heavy atom. The molecule has 0 radical (unpaired) electrons. The van der Waals surface area contributed by atoms with Crippen LogP contribution in [-0.2, 0) is 11.2 Å². The number of amides is 1. The molecule has 1 aromatic rings. The van der Waals surface area contributed by atoms with E-state index in [2.05, 4.69) is 5.32 Å². The van der Waals surface area contributed by atoms with Gasteiger partial charge in [0.05, 0.1) is 6.42 Å². The summed E-state index contributed by atoms with van der Waals surface area (Å²) >= 11 is 5.84. The van der Waals surface area contributed by atoms with Gasteiger partial charge in [-0.2, -0.15) is 0 Å². The van der Waals surface area contributed by atoms with Crippen molar-refractivity contribution in [1.82, 2.24) is 5.32 Å². The Bertz CT molecular complexity index is 405. The van der Waals surface area contributed by atoms with Crippen molar-refractivity contribution in [2.45, 2.75) is 26.3 Å². The normalized spacial score (nSPS) is 14.1. The van der Waals surface area contributed by atoms with Gasteiger partial charge in [0.2, 0.25) is 5.91 Å². The van der Waals surface area contributed by atoms with E-state index in [1.165, 1.54) is 12.1 Å². The fourth-order valence-electron chi connectivity index (χ4n) is 1.47. The molecule has 0 aromatic heterocycles. The van der Waals surface area contributed by atoms with E-state index in [0.29, 0.717) is 0 Å². The van der Waals surface area contributed by atoms with Gasteiger partial charge in [-0.05, 0) is 25.0 Å². The Kier molecular flexibility index (Phi) is 5.56. The van der Waals surface area contributed by atoms with E-state index in [4.69, 9.17) is 16.7 Å². The molecule has 0 heterocycles. The molecule has 0 saturated heterocycles. The Morgan fingerprint density at radius 2 is 2.17 bits per heavy atom. The number of rotatable bonds is 5. The number of halogens is 2. The molecule has 1 amide bonds. The number of aliphatic hydroxyl groups excluding tert-OH is 1. The minimum atomic E-state index is -0.486. The number of benzene rings is 1. The smallest absolute Gasteiger partial charge is 0.224 e. The average Bonchev–Trinajstić information content (AvgIpc) is 2.32. The van der Waals surface area contributed by atoms with Crippen LogP contribution in [0.2, 0.25) is 5.02 Å². The summed E-state index contributed by atoms with van der Waals surface area (Å²) in [6.45, 7) is 3.60. The van der Waals surface area contributed by atoms with Gasteiger partial charge in [0, 0.05) is 23.2 Å². The summed E-state index contributed by atoms with van der Waals surface area (Å²) in [7, 11) is 0. The molecule has 100 valence electrons. The van der Waals surface area contributed by atoms with Crippen molar-refractivity contribution in [1.29, 1.82) is 0 Å². The van der Waals surface area contributed by atoms with Gasteiger partial charge < -0.3 is 10.4 Å². The Labute approximate surface area is 111 Å². The van der Waals surface area contributed by atoms with Crippen molar-refractivity contribution in [3.8, 4) is 0 Å². The first-order valence-electron chi connectivity index (χ1n) is 5.78. The van der Waals surface area contributed by atoms with Crippen LogP contribution < -0.4 is 5.32 Å². The van der Waals surface area contributed by atoms with E-state index in [9.17, 15) is 9.18 Å². The summed E-state index contributed by atoms with van der Waals surface area (Å²) in [5, 5.41) is 11.9. The quantitative estimate of drug-likeness (QED) is 0.864. The molecule has 2 unspecified atom stereocenters. The number of aliphatic hydroxyl groups is 1. The maximum atomic E-state index is 13.5. The van der Waals surface area contributed by atoms with Crippen molar-refractivity contribution in [2.24, 2.45) is 5.92 Å². The minimum absolute atomic E-state index is 0.0120. The molecule has 2 atom stereocenters. The fraction of sp³-hybridized carbons (Fsp3) is 0.462. The van der Waals surface area contributed by atoms with Crippen LogP contribution in [0.3, 0.4) is 0 Å². The number of carbonyl (C=O) groups excluding carboxylic acids is 1. The first kappa shape index (κ1) is 14.9. The van der Waals surface area contributed by atoms with Crippen molar-refractivity contribution in [3.05, 3.63) is 34.6 Å². The highest BCUT2D eigenvalue weighted by molar-refractivity contribution is 6.31. The van der Waals surface area contributed by atoms with Crippen LogP contribution in [0.1, 0.15) is 19.4 Å². The van der Waals surface area contributed by atoms with E-state index < -0.39 is 5.82 Å². The van der Waals surface area contributed by atoms with Crippen LogP contribution in [-0.4, -0.2) is 23.7 Å². The highest BCUT2D eigenvalue weighted by atomic mass is 35.5. The maximum Gasteiger partial charge on any atom is 0.224 e. The molecule has 0 saturated carbocycles. The second-order valence-electron chi connectivity index (χ2n) is 4.39. The van der Waals surface area contributed by atoms with Gasteiger partial charge in [-0.25, -0.2) is 4.39 Å². The minimum Gasteiger partial charge on any atom is -0.396 e. The summed E-state index contributed by atoms with van der Waals surface area (Å²) in [4.78, 5) is 11.7. The molecule has 18 heavy (non-hydrogen) atoms. The third kappa shape index (κ3) is 3.96. The van der Waals surface area contributed by atoms with Gasteiger partial charge >= 0.3 is 0 Å². The monoisotopic (exact) mass is 273 g/mol. The Balaban J connectivity index is 2.65. The van der Waals surface area contributed by atoms with Crippen LogP contribution in [0.4, 0.5) is 4.39 Å². The molecule has 0 aliphatic carbocycles. The van der Waals surface area contributed by atoms with Crippen LogP contribution >= 0.6 is 11.6 Å². The van der Waals surface area contributed by atoms with Crippen LogP contribution in [0.25, 0.3) is 0 Å². The highest BCUT2D eigenvalue weighted by Gasteiger charge is 2.16. The molecule has 0 fully saturated rings. The standard InChI is InChI=1S/C13H17ClFNO2/c1-8(7-17)9(2)16-13(18)6-10-11(14)4-3-5-12(10)15/h3-5,8-9,17H,6-7H2,1-2H3,(H,16,18). The van der Waals surface area contributed by atoms with Crippen LogP contribution in [0, 0.1) is 11.7 Å². The van der Waals surface area contributed by atoms with E-state index in [1.807, 2.05) is 6.92 Å². The zero-order valence-corrected chi connectivity index (χ0v) is 11.2. The predicted octanol–water partition coefficient (Wildman–Crippen LogP) is 2.15. The largest absolute Gasteiger partial charge is 0.396 e. The van der Waals surface area contributed by atoms with Crippen molar-refractivity contribution >= 4 is 17.5 Å². The lowest BCUT2D eigenvalue weighted by atomic mass is 10.0. The van der Waals surface area contributed by atoms with E-state index in [-0.39, 0.29) is 41.5 Å². The lowest BCUT2D eigenvalue weighted by Gasteiger charge is -2.19. The molecule has 2 N–H and O–H groups in total. The van der Waals surface area contributed by atoms with Gasteiger partial charge in [-0.3, -0.25) is 4.79 Å². The zero-order valence-electron chi connectivity index (χ0n) is 10.4. The maximum absolute atomic E-state index is 13.5. The van der Waals surface area contributed by atoms with Crippen LogP contribution in [0.15, 0.2) is 18.2 Å². The molecule has 0 aliphatic heterocycles. The van der Waals surface area contributed by atoms with Gasteiger partial charge in [0.25, 0.3) is 0 Å². The summed E-state index contributed by atoms with van der Waals surface area (Å²) in [5.74, 6) is -0.847. The lowest BCUT2D eigenvalue weighted by molar-refractivity contribution is -0.121. The van der Waals surface area contributed by atoms with Gasteiger partial charge in [0.15, 0.2) is 0 Å². The number of nitrogens with one attached hydrogen (secondary N) is 1. The first-order valence-corrected chi connectivity index (χ1v) is 6.16. The molecule has 0 aliphatic rings. The Morgan fingerprint density at radius 3 is 2.72 bits per heavy atom. The summed E-state index contributed by atoms with van der Waals surface area (Å²) in [5.41, 5.74) is 0.195. The summed E-state index contributed by atoms with van der Waals surface area (Å²) in [6, 6.07) is 4.14. The van der Waals surface area contributed by atoms with Gasteiger partial charge in [0.1, 0.15) is 5.82 Å². The zero-order chi connectivity index (χ0) is 13.7. The SMILES string of the molecule is CC(CO)C(C)NC(=O)Cc1c(F)cccc1Cl. The van der Waals surface area contributed by atoms with Gasteiger partial charge in [-0.15, -0.1) is 0 Å². The van der Waals surface area contributed by atoms with E-state index >= 15 is 0 Å². The van der Waals surface area contributed by atoms with Crippen molar-refractivity contribution < 1.29 is 14.3 Å². The van der Waals surface area contributed by atoms with Crippen molar-refractivity contribution in [2.75, 3.05) is 6.61 Å². The van der Waals surface area contributed by atoms with E-state index in [1.54, 1.807) is 13.0 Å². The third-order valence-corrected chi connectivity index (χ3v) is 3.28. The first-order chi connectivity index (χ1) is 8.45. The lowest BCUT2D eigenvalue weighted by Crippen LogP contribution is -2.39. The number of hydrogen-bond donors (Lipinski definition) is 2. The van der Waals surface area contributed by atoms with Crippen molar-refractivity contribution in [3.63, 3.8) is 0 Å². The number of hydrogen-bond acceptors (Lipinski definition) is 2. The fourth-order valence-corrected chi connectivity index (χ4v) is 1.70. The number of carbonyl (C=O) groups is 1. The predicted molar refractivity (Wildman–Crippen MR) is 69.0 cm³/mol. The molecule has 1 aromatic carbocycles. The molecule has 0 bridgehead atoms. The topological polar surface area (TPSA) is 49.3 Å². The average molecular weight is 274 g/mol. The highest BCUT2D eigenvalue weighted by Crippen LogP contribution is 2.19. The van der Waals surface area contributed by atoms with Gasteiger partial charge in [-0.1, -0.05) is 24.6 Å². The van der Waals surface area contributed by atoms with E-state index in [0.717, 1.165) is 0 Å². The second kappa shape index (κ2) is 6.71. The molecule has 1 rings (SSSR count). The molecule has 3 nitrogen and oxygen atoms in total. The Hall–Kier alpha value is -1.13. The molecule has 0 spiro atoms. The molecular formula is C13H17ClFNO2.